The highest BCUT2D eigenvalue weighted by Gasteiger charge is 2.16. The molecule has 6 heteroatoms. The van der Waals surface area contributed by atoms with Gasteiger partial charge in [-0.25, -0.2) is 4.79 Å². The summed E-state index contributed by atoms with van der Waals surface area (Å²) < 4.78 is 0. The molecule has 0 aliphatic heterocycles. The molecule has 0 spiro atoms. The lowest BCUT2D eigenvalue weighted by molar-refractivity contribution is 0.0690. The number of hydrogen-bond donors (Lipinski definition) is 2. The number of aromatic carboxylic acids is 1. The van der Waals surface area contributed by atoms with Crippen LogP contribution in [-0.2, 0) is 0 Å². The number of rotatable bonds is 6. The third kappa shape index (κ3) is 4.07. The highest BCUT2D eigenvalue weighted by atomic mass is 32.2. The maximum Gasteiger partial charge on any atom is 0.338 e. The number of carboxylic acid groups (broad SMARTS) is 1. The molecule has 0 bridgehead atoms. The molecule has 0 atom stereocenters. The lowest BCUT2D eigenvalue weighted by atomic mass is 10.2. The average Bonchev–Trinajstić information content (AvgIpc) is 2.34. The van der Waals surface area contributed by atoms with Gasteiger partial charge in [0.05, 0.1) is 5.56 Å². The quantitative estimate of drug-likeness (QED) is 0.747. The number of carboxylic acids is 1. The predicted molar refractivity (Wildman–Crippen MR) is 66.5 cm³/mol. The number of thioether (sulfide) groups is 1. The molecule has 92 valence electrons. The fourth-order valence-corrected chi connectivity index (χ4v) is 1.69. The second-order valence-corrected chi connectivity index (χ2v) is 4.29. The molecule has 0 unspecified atom stereocenters. The van der Waals surface area contributed by atoms with Crippen molar-refractivity contribution in [1.82, 2.24) is 10.3 Å². The Kier molecular flexibility index (Phi) is 5.48. The summed E-state index contributed by atoms with van der Waals surface area (Å²) in [6, 6.07) is 2.86. The third-order valence-corrected chi connectivity index (χ3v) is 2.76. The Hall–Kier alpha value is -1.56. The minimum absolute atomic E-state index is 0.0378. The number of nitrogens with zero attached hydrogens (tertiary/aromatic N) is 1. The molecule has 0 radical (unpaired) electrons. The van der Waals surface area contributed by atoms with Crippen molar-refractivity contribution in [3.63, 3.8) is 0 Å². The fourth-order valence-electron chi connectivity index (χ4n) is 1.26. The van der Waals surface area contributed by atoms with Gasteiger partial charge in [-0.3, -0.25) is 9.78 Å². The van der Waals surface area contributed by atoms with Crippen molar-refractivity contribution in [2.75, 3.05) is 18.6 Å². The highest BCUT2D eigenvalue weighted by molar-refractivity contribution is 7.98. The summed E-state index contributed by atoms with van der Waals surface area (Å²) >= 11 is 1.70. The summed E-state index contributed by atoms with van der Waals surface area (Å²) in [4.78, 5) is 26.4. The van der Waals surface area contributed by atoms with Crippen LogP contribution in [0.4, 0.5) is 0 Å². The van der Waals surface area contributed by atoms with E-state index in [0.717, 1.165) is 12.2 Å². The van der Waals surface area contributed by atoms with Crippen LogP contribution in [0.15, 0.2) is 18.3 Å². The normalized spacial score (nSPS) is 9.94. The Bertz CT molecular complexity index is 409. The minimum Gasteiger partial charge on any atom is -0.478 e. The van der Waals surface area contributed by atoms with Crippen molar-refractivity contribution in [2.24, 2.45) is 0 Å². The molecule has 5 nitrogen and oxygen atoms in total. The molecule has 1 amide bonds. The van der Waals surface area contributed by atoms with Gasteiger partial charge in [-0.2, -0.15) is 11.8 Å². The van der Waals surface area contributed by atoms with E-state index in [9.17, 15) is 9.59 Å². The number of hydrogen-bond acceptors (Lipinski definition) is 4. The Balaban J connectivity index is 2.65. The molecule has 1 aromatic heterocycles. The second kappa shape index (κ2) is 6.90. The van der Waals surface area contributed by atoms with Crippen molar-refractivity contribution in [3.8, 4) is 0 Å². The van der Waals surface area contributed by atoms with Crippen molar-refractivity contribution in [2.45, 2.75) is 6.42 Å². The molecule has 2 N–H and O–H groups in total. The molecule has 1 rings (SSSR count). The second-order valence-electron chi connectivity index (χ2n) is 3.31. The molecule has 0 aromatic carbocycles. The Morgan fingerprint density at radius 3 is 2.94 bits per heavy atom. The standard InChI is InChI=1S/C11H14N2O3S/c1-17-7-3-6-13-10(14)9-8(11(15)16)4-2-5-12-9/h2,4-5H,3,6-7H2,1H3,(H,13,14)(H,15,16). The van der Waals surface area contributed by atoms with Gasteiger partial charge in [-0.1, -0.05) is 0 Å². The smallest absolute Gasteiger partial charge is 0.338 e. The van der Waals surface area contributed by atoms with Crippen LogP contribution in [0.5, 0.6) is 0 Å². The van der Waals surface area contributed by atoms with Crippen LogP contribution in [-0.4, -0.2) is 40.5 Å². The number of pyridine rings is 1. The van der Waals surface area contributed by atoms with Crippen LogP contribution >= 0.6 is 11.8 Å². The first kappa shape index (κ1) is 13.5. The summed E-state index contributed by atoms with van der Waals surface area (Å²) in [5, 5.41) is 11.6. The van der Waals surface area contributed by atoms with Crippen molar-refractivity contribution >= 4 is 23.6 Å². The van der Waals surface area contributed by atoms with E-state index in [1.807, 2.05) is 6.26 Å². The summed E-state index contributed by atoms with van der Waals surface area (Å²) in [5.74, 6) is -0.634. The Labute approximate surface area is 104 Å². The summed E-state index contributed by atoms with van der Waals surface area (Å²) in [6.45, 7) is 0.523. The number of carbonyl (C=O) groups excluding carboxylic acids is 1. The zero-order chi connectivity index (χ0) is 12.7. The SMILES string of the molecule is CSCCCNC(=O)c1ncccc1C(=O)O. The Morgan fingerprint density at radius 1 is 1.53 bits per heavy atom. The maximum absolute atomic E-state index is 11.7. The van der Waals surface area contributed by atoms with E-state index in [4.69, 9.17) is 5.11 Å². The van der Waals surface area contributed by atoms with E-state index in [-0.39, 0.29) is 11.3 Å². The van der Waals surface area contributed by atoms with Crippen LogP contribution in [0.2, 0.25) is 0 Å². The van der Waals surface area contributed by atoms with Gasteiger partial charge in [0.2, 0.25) is 0 Å². The monoisotopic (exact) mass is 254 g/mol. The van der Waals surface area contributed by atoms with Crippen molar-refractivity contribution < 1.29 is 14.7 Å². The van der Waals surface area contributed by atoms with Gasteiger partial charge in [-0.05, 0) is 30.6 Å². The predicted octanol–water partition coefficient (Wildman–Crippen LogP) is 1.26. The van der Waals surface area contributed by atoms with Crippen LogP contribution in [0.3, 0.4) is 0 Å². The molecular weight excluding hydrogens is 240 g/mol. The molecule has 0 aliphatic rings. The van der Waals surface area contributed by atoms with Gasteiger partial charge in [0.15, 0.2) is 0 Å². The van der Waals surface area contributed by atoms with E-state index in [1.165, 1.54) is 18.3 Å². The van der Waals surface area contributed by atoms with Crippen LogP contribution < -0.4 is 5.32 Å². The Morgan fingerprint density at radius 2 is 2.29 bits per heavy atom. The van der Waals surface area contributed by atoms with Gasteiger partial charge < -0.3 is 10.4 Å². The molecule has 1 aromatic rings. The lowest BCUT2D eigenvalue weighted by Gasteiger charge is -2.06. The molecule has 0 fully saturated rings. The van der Waals surface area contributed by atoms with Gasteiger partial charge >= 0.3 is 5.97 Å². The first-order valence-electron chi connectivity index (χ1n) is 5.12. The zero-order valence-electron chi connectivity index (χ0n) is 9.47. The average molecular weight is 254 g/mol. The van der Waals surface area contributed by atoms with Gasteiger partial charge in [-0.15, -0.1) is 0 Å². The maximum atomic E-state index is 11.7. The van der Waals surface area contributed by atoms with Crippen LogP contribution in [0, 0.1) is 0 Å². The van der Waals surface area contributed by atoms with Crippen molar-refractivity contribution in [3.05, 3.63) is 29.6 Å². The van der Waals surface area contributed by atoms with E-state index in [2.05, 4.69) is 10.3 Å². The third-order valence-electron chi connectivity index (χ3n) is 2.06. The van der Waals surface area contributed by atoms with Crippen molar-refractivity contribution in [1.29, 1.82) is 0 Å². The fraction of sp³-hybridized carbons (Fsp3) is 0.364. The zero-order valence-corrected chi connectivity index (χ0v) is 10.3. The number of carbonyl (C=O) groups is 2. The van der Waals surface area contributed by atoms with Crippen LogP contribution in [0.25, 0.3) is 0 Å². The first-order valence-corrected chi connectivity index (χ1v) is 6.51. The first-order chi connectivity index (χ1) is 8.16. The number of amides is 1. The molecule has 1 heterocycles. The number of nitrogens with one attached hydrogen (secondary N) is 1. The van der Waals surface area contributed by atoms with E-state index >= 15 is 0 Å². The van der Waals surface area contributed by atoms with E-state index in [1.54, 1.807) is 11.8 Å². The van der Waals surface area contributed by atoms with E-state index in [0.29, 0.717) is 6.54 Å². The molecule has 0 aliphatic carbocycles. The minimum atomic E-state index is -1.15. The molecule has 17 heavy (non-hydrogen) atoms. The molecule has 0 saturated heterocycles. The van der Waals surface area contributed by atoms with Gasteiger partial charge in [0.1, 0.15) is 5.69 Å². The topological polar surface area (TPSA) is 79.3 Å². The molecule has 0 saturated carbocycles. The van der Waals surface area contributed by atoms with E-state index < -0.39 is 11.9 Å². The highest BCUT2D eigenvalue weighted by Crippen LogP contribution is 2.05. The largest absolute Gasteiger partial charge is 0.478 e. The van der Waals surface area contributed by atoms with Crippen LogP contribution in [0.1, 0.15) is 27.3 Å². The summed E-state index contributed by atoms with van der Waals surface area (Å²) in [6.07, 6.45) is 4.24. The number of aromatic nitrogens is 1. The van der Waals surface area contributed by atoms with Gasteiger partial charge in [0, 0.05) is 12.7 Å². The van der Waals surface area contributed by atoms with Gasteiger partial charge in [0.25, 0.3) is 5.91 Å². The lowest BCUT2D eigenvalue weighted by Crippen LogP contribution is -2.27. The summed E-state index contributed by atoms with van der Waals surface area (Å²) in [5.41, 5.74) is -0.112. The summed E-state index contributed by atoms with van der Waals surface area (Å²) in [7, 11) is 0. The molecular formula is C11H14N2O3S.